The summed E-state index contributed by atoms with van der Waals surface area (Å²) in [7, 11) is -3.42. The highest BCUT2D eigenvalue weighted by Crippen LogP contribution is 2.37. The molecule has 1 fully saturated rings. The highest BCUT2D eigenvalue weighted by atomic mass is 32.2. The summed E-state index contributed by atoms with van der Waals surface area (Å²) in [6.07, 6.45) is -1.33. The molecule has 1 aliphatic rings. The van der Waals surface area contributed by atoms with Crippen LogP contribution in [0.25, 0.3) is 0 Å². The summed E-state index contributed by atoms with van der Waals surface area (Å²) in [6.45, 7) is -1.85. The van der Waals surface area contributed by atoms with Crippen molar-refractivity contribution >= 4 is 21.7 Å². The molecule has 9 nitrogen and oxygen atoms in total. The number of anilines is 1. The summed E-state index contributed by atoms with van der Waals surface area (Å²) in [6, 6.07) is 9.38. The number of ether oxygens (including phenoxy) is 1. The monoisotopic (exact) mass is 642 g/mol. The van der Waals surface area contributed by atoms with Gasteiger partial charge in [0.05, 0.1) is 41.0 Å². The van der Waals surface area contributed by atoms with Gasteiger partial charge in [0.1, 0.15) is 0 Å². The normalized spacial score (nSPS) is 18.0. The van der Waals surface area contributed by atoms with Crippen LogP contribution in [0.2, 0.25) is 0 Å². The van der Waals surface area contributed by atoms with Crippen molar-refractivity contribution in [3.05, 3.63) is 83.2 Å². The SMILES string of the molecule is CCS(=O)(=O)c1ccc([C@H](CO)NC(=O)c2cnc(N3CC(c4ccc(C(F)(F)F)cc4)C[C@H]3CCOC(F)F)nc2)cc1. The molecule has 3 aromatic rings. The number of carbonyl (C=O) groups is 1. The lowest BCUT2D eigenvalue weighted by Crippen LogP contribution is -2.33. The van der Waals surface area contributed by atoms with Crippen molar-refractivity contribution in [2.24, 2.45) is 0 Å². The number of alkyl halides is 5. The van der Waals surface area contributed by atoms with Crippen LogP contribution in [0.1, 0.15) is 58.8 Å². The Balaban J connectivity index is 1.47. The third kappa shape index (κ3) is 8.07. The Morgan fingerprint density at radius 2 is 1.73 bits per heavy atom. The van der Waals surface area contributed by atoms with Gasteiger partial charge in [-0.15, -0.1) is 0 Å². The number of rotatable bonds is 12. The fourth-order valence-electron chi connectivity index (χ4n) is 5.05. The van der Waals surface area contributed by atoms with E-state index in [2.05, 4.69) is 20.0 Å². The number of aliphatic hydroxyl groups excluding tert-OH is 1. The fourth-order valence-corrected chi connectivity index (χ4v) is 5.94. The molecule has 15 heteroatoms. The Bertz CT molecular complexity index is 1510. The second-order valence-electron chi connectivity index (χ2n) is 10.2. The van der Waals surface area contributed by atoms with E-state index in [0.29, 0.717) is 24.1 Å². The number of carbonyl (C=O) groups excluding carboxylic acids is 1. The van der Waals surface area contributed by atoms with Gasteiger partial charge in [0.15, 0.2) is 9.84 Å². The molecule has 4 rings (SSSR count). The summed E-state index contributed by atoms with van der Waals surface area (Å²) in [5, 5.41) is 12.5. The fraction of sp³-hybridized carbons (Fsp3) is 0.414. The average molecular weight is 643 g/mol. The summed E-state index contributed by atoms with van der Waals surface area (Å²) in [4.78, 5) is 23.4. The molecular weight excluding hydrogens is 611 g/mol. The first-order valence-corrected chi connectivity index (χ1v) is 15.4. The van der Waals surface area contributed by atoms with Crippen LogP contribution < -0.4 is 10.2 Å². The second kappa shape index (κ2) is 13.9. The van der Waals surface area contributed by atoms with Crippen LogP contribution in [0.5, 0.6) is 0 Å². The third-order valence-corrected chi connectivity index (χ3v) is 9.24. The molecule has 0 bridgehead atoms. The molecule has 1 unspecified atom stereocenters. The molecule has 1 amide bonds. The summed E-state index contributed by atoms with van der Waals surface area (Å²) < 4.78 is 92.8. The quantitative estimate of drug-likeness (QED) is 0.272. The van der Waals surface area contributed by atoms with E-state index >= 15 is 0 Å². The lowest BCUT2D eigenvalue weighted by Gasteiger charge is -2.24. The Hall–Kier alpha value is -3.69. The van der Waals surface area contributed by atoms with Crippen LogP contribution in [0.3, 0.4) is 0 Å². The zero-order chi connectivity index (χ0) is 32.1. The van der Waals surface area contributed by atoms with E-state index in [0.717, 1.165) is 12.1 Å². The Morgan fingerprint density at radius 1 is 1.09 bits per heavy atom. The lowest BCUT2D eigenvalue weighted by atomic mass is 9.94. The predicted molar refractivity (Wildman–Crippen MR) is 150 cm³/mol. The van der Waals surface area contributed by atoms with Gasteiger partial charge >= 0.3 is 12.8 Å². The van der Waals surface area contributed by atoms with Crippen LogP contribution in [0.4, 0.5) is 27.9 Å². The van der Waals surface area contributed by atoms with Crippen LogP contribution in [0, 0.1) is 0 Å². The van der Waals surface area contributed by atoms with Gasteiger partial charge in [-0.25, -0.2) is 18.4 Å². The smallest absolute Gasteiger partial charge is 0.394 e. The van der Waals surface area contributed by atoms with Crippen molar-refractivity contribution in [2.75, 3.05) is 30.4 Å². The first-order valence-electron chi connectivity index (χ1n) is 13.7. The van der Waals surface area contributed by atoms with Crippen LogP contribution in [0.15, 0.2) is 65.8 Å². The number of benzene rings is 2. The molecule has 0 aliphatic carbocycles. The van der Waals surface area contributed by atoms with E-state index in [-0.39, 0.29) is 47.1 Å². The van der Waals surface area contributed by atoms with E-state index in [1.54, 1.807) is 4.90 Å². The number of hydrogen-bond acceptors (Lipinski definition) is 8. The number of aromatic nitrogens is 2. The summed E-state index contributed by atoms with van der Waals surface area (Å²) in [5.74, 6) is -0.708. The number of aliphatic hydroxyl groups is 1. The van der Waals surface area contributed by atoms with E-state index in [1.165, 1.54) is 55.7 Å². The third-order valence-electron chi connectivity index (χ3n) is 7.49. The van der Waals surface area contributed by atoms with Crippen molar-refractivity contribution < 1.29 is 45.0 Å². The van der Waals surface area contributed by atoms with Gasteiger partial charge in [0, 0.05) is 30.9 Å². The van der Waals surface area contributed by atoms with Gasteiger partial charge in [0.25, 0.3) is 5.91 Å². The van der Waals surface area contributed by atoms with Crippen LogP contribution in [-0.4, -0.2) is 67.6 Å². The van der Waals surface area contributed by atoms with Crippen molar-refractivity contribution in [1.82, 2.24) is 15.3 Å². The van der Waals surface area contributed by atoms with Crippen molar-refractivity contribution in [3.8, 4) is 0 Å². The van der Waals surface area contributed by atoms with Crippen LogP contribution in [-0.2, 0) is 20.8 Å². The number of sulfone groups is 1. The van der Waals surface area contributed by atoms with E-state index in [9.17, 15) is 40.3 Å². The van der Waals surface area contributed by atoms with Crippen molar-refractivity contribution in [3.63, 3.8) is 0 Å². The molecule has 0 radical (unpaired) electrons. The lowest BCUT2D eigenvalue weighted by molar-refractivity contribution is -0.137. The second-order valence-corrected chi connectivity index (χ2v) is 12.5. The first-order chi connectivity index (χ1) is 20.8. The molecule has 2 N–H and O–H groups in total. The van der Waals surface area contributed by atoms with Crippen molar-refractivity contribution in [2.45, 2.75) is 55.5 Å². The Labute approximate surface area is 251 Å². The standard InChI is InChI=1S/C29H31F5N4O5S/c1-2-44(41,42)24-9-5-19(6-10-24)25(17-39)37-26(40)21-14-35-28(36-15-21)38-16-20(13-23(38)11-12-43-27(30)31)18-3-7-22(8-4-18)29(32,33)34/h3-10,14-15,20,23,25,27,39H,2,11-13,16-17H2,1H3,(H,37,40)/t20?,23-,25+/m1/s1. The Morgan fingerprint density at radius 3 is 2.27 bits per heavy atom. The molecule has 2 aromatic carbocycles. The molecule has 1 aromatic heterocycles. The highest BCUT2D eigenvalue weighted by molar-refractivity contribution is 7.91. The van der Waals surface area contributed by atoms with Gasteiger partial charge in [-0.2, -0.15) is 22.0 Å². The molecule has 1 saturated heterocycles. The molecule has 1 aliphatic heterocycles. The minimum atomic E-state index is -4.48. The van der Waals surface area contributed by atoms with Gasteiger partial charge < -0.3 is 20.1 Å². The molecule has 0 spiro atoms. The zero-order valence-corrected chi connectivity index (χ0v) is 24.4. The van der Waals surface area contributed by atoms with Crippen LogP contribution >= 0.6 is 0 Å². The number of nitrogens with zero attached hydrogens (tertiary/aromatic N) is 3. The molecule has 0 saturated carbocycles. The highest BCUT2D eigenvalue weighted by Gasteiger charge is 2.36. The molecule has 238 valence electrons. The molecular formula is C29H31F5N4O5S. The number of hydrogen-bond donors (Lipinski definition) is 2. The molecule has 3 atom stereocenters. The Kier molecular flexibility index (Phi) is 10.5. The predicted octanol–water partition coefficient (Wildman–Crippen LogP) is 4.74. The maximum atomic E-state index is 13.0. The van der Waals surface area contributed by atoms with E-state index in [4.69, 9.17) is 0 Å². The minimum Gasteiger partial charge on any atom is -0.394 e. The van der Waals surface area contributed by atoms with Crippen molar-refractivity contribution in [1.29, 1.82) is 0 Å². The first kappa shape index (κ1) is 33.2. The van der Waals surface area contributed by atoms with Gasteiger partial charge in [0.2, 0.25) is 5.95 Å². The van der Waals surface area contributed by atoms with Gasteiger partial charge in [-0.3, -0.25) is 4.79 Å². The van der Waals surface area contributed by atoms with Gasteiger partial charge in [-0.05, 0) is 48.2 Å². The summed E-state index contributed by atoms with van der Waals surface area (Å²) >= 11 is 0. The van der Waals surface area contributed by atoms with Gasteiger partial charge in [-0.1, -0.05) is 31.2 Å². The van der Waals surface area contributed by atoms with E-state index < -0.39 is 46.7 Å². The minimum absolute atomic E-state index is 0.0634. The van der Waals surface area contributed by atoms with E-state index in [1.807, 2.05) is 0 Å². The zero-order valence-electron chi connectivity index (χ0n) is 23.5. The molecule has 2 heterocycles. The maximum absolute atomic E-state index is 13.0. The number of nitrogens with one attached hydrogen (secondary N) is 1. The topological polar surface area (TPSA) is 122 Å². The average Bonchev–Trinajstić information content (AvgIpc) is 3.43. The number of amides is 1. The number of halogens is 5. The largest absolute Gasteiger partial charge is 0.416 e. The summed E-state index contributed by atoms with van der Waals surface area (Å²) in [5.41, 5.74) is 0.411. The molecule has 44 heavy (non-hydrogen) atoms. The maximum Gasteiger partial charge on any atom is 0.416 e.